The van der Waals surface area contributed by atoms with Gasteiger partial charge < -0.3 is 10.1 Å². The first-order valence-corrected chi connectivity index (χ1v) is 10.1. The van der Waals surface area contributed by atoms with Crippen molar-refractivity contribution in [3.05, 3.63) is 92.9 Å². The number of carbonyl (C=O) groups is 2. The van der Waals surface area contributed by atoms with Gasteiger partial charge >= 0.3 is 11.8 Å². The van der Waals surface area contributed by atoms with Gasteiger partial charge in [0.1, 0.15) is 12.4 Å². The molecule has 0 radical (unpaired) electrons. The Kier molecular flexibility index (Phi) is 7.89. The molecule has 2 N–H and O–H groups in total. The molecule has 6 nitrogen and oxygen atoms in total. The summed E-state index contributed by atoms with van der Waals surface area (Å²) in [5.41, 5.74) is 3.91. The number of carbonyl (C=O) groups excluding carboxylic acids is 2. The number of hydrogen-bond donors (Lipinski definition) is 2. The molecule has 0 bridgehead atoms. The van der Waals surface area contributed by atoms with Crippen LogP contribution in [-0.2, 0) is 16.2 Å². The van der Waals surface area contributed by atoms with Crippen LogP contribution >= 0.6 is 34.8 Å². The zero-order chi connectivity index (χ0) is 22.2. The number of nitrogens with one attached hydrogen (secondary N) is 2. The predicted molar refractivity (Wildman–Crippen MR) is 123 cm³/mol. The third-order valence-electron chi connectivity index (χ3n) is 4.00. The van der Waals surface area contributed by atoms with Crippen LogP contribution in [0.5, 0.6) is 5.75 Å². The number of para-hydroxylation sites is 1. The molecule has 31 heavy (non-hydrogen) atoms. The normalized spacial score (nSPS) is 10.7. The average Bonchev–Trinajstić information content (AvgIpc) is 2.75. The number of hydrazone groups is 1. The van der Waals surface area contributed by atoms with E-state index in [4.69, 9.17) is 39.5 Å². The number of ether oxygens (including phenoxy) is 1. The topological polar surface area (TPSA) is 79.8 Å². The van der Waals surface area contributed by atoms with Crippen molar-refractivity contribution in [1.82, 2.24) is 5.43 Å². The van der Waals surface area contributed by atoms with E-state index in [0.29, 0.717) is 32.1 Å². The number of benzene rings is 3. The first-order chi connectivity index (χ1) is 14.9. The summed E-state index contributed by atoms with van der Waals surface area (Å²) in [4.78, 5) is 23.8. The van der Waals surface area contributed by atoms with Gasteiger partial charge in [0.05, 0.1) is 21.9 Å². The van der Waals surface area contributed by atoms with Gasteiger partial charge in [-0.1, -0.05) is 65.1 Å². The molecule has 0 unspecified atom stereocenters. The zero-order valence-electron chi connectivity index (χ0n) is 15.9. The third kappa shape index (κ3) is 6.46. The van der Waals surface area contributed by atoms with Crippen molar-refractivity contribution in [2.24, 2.45) is 5.10 Å². The van der Waals surface area contributed by atoms with Crippen LogP contribution in [0.1, 0.15) is 11.1 Å². The highest BCUT2D eigenvalue weighted by atomic mass is 35.5. The van der Waals surface area contributed by atoms with Gasteiger partial charge in [0.25, 0.3) is 0 Å². The highest BCUT2D eigenvalue weighted by molar-refractivity contribution is 6.41. The highest BCUT2D eigenvalue weighted by Crippen LogP contribution is 2.27. The van der Waals surface area contributed by atoms with Crippen LogP contribution in [-0.4, -0.2) is 18.0 Å². The van der Waals surface area contributed by atoms with E-state index in [2.05, 4.69) is 15.8 Å². The fraction of sp³-hybridized carbons (Fsp3) is 0.0455. The van der Waals surface area contributed by atoms with E-state index >= 15 is 0 Å². The van der Waals surface area contributed by atoms with Gasteiger partial charge in [-0.3, -0.25) is 9.59 Å². The Hall–Kier alpha value is -3.06. The number of amides is 2. The average molecular weight is 477 g/mol. The Morgan fingerprint density at radius 1 is 0.871 bits per heavy atom. The summed E-state index contributed by atoms with van der Waals surface area (Å²) < 4.78 is 5.70. The molecule has 158 valence electrons. The Balaban J connectivity index is 1.54. The molecule has 0 spiro atoms. The van der Waals surface area contributed by atoms with E-state index in [1.165, 1.54) is 6.21 Å². The van der Waals surface area contributed by atoms with E-state index in [0.717, 1.165) is 5.56 Å². The van der Waals surface area contributed by atoms with Crippen LogP contribution < -0.4 is 15.5 Å². The zero-order valence-corrected chi connectivity index (χ0v) is 18.2. The number of hydrogen-bond acceptors (Lipinski definition) is 4. The molecule has 0 atom stereocenters. The van der Waals surface area contributed by atoms with Crippen molar-refractivity contribution >= 4 is 58.5 Å². The van der Waals surface area contributed by atoms with Gasteiger partial charge in [-0.15, -0.1) is 0 Å². The summed E-state index contributed by atoms with van der Waals surface area (Å²) in [5, 5.41) is 7.46. The summed E-state index contributed by atoms with van der Waals surface area (Å²) in [6.45, 7) is 0.267. The summed E-state index contributed by atoms with van der Waals surface area (Å²) in [5.74, 6) is -1.37. The third-order valence-corrected chi connectivity index (χ3v) is 5.00. The summed E-state index contributed by atoms with van der Waals surface area (Å²) in [7, 11) is 0. The van der Waals surface area contributed by atoms with Crippen molar-refractivity contribution in [3.63, 3.8) is 0 Å². The molecule has 0 fully saturated rings. The minimum atomic E-state index is -0.943. The van der Waals surface area contributed by atoms with Crippen molar-refractivity contribution < 1.29 is 14.3 Å². The van der Waals surface area contributed by atoms with Gasteiger partial charge in [-0.05, 0) is 42.0 Å². The minimum Gasteiger partial charge on any atom is -0.487 e. The molecular formula is C22H16Cl3N3O3. The Morgan fingerprint density at radius 2 is 1.58 bits per heavy atom. The molecular weight excluding hydrogens is 461 g/mol. The first kappa shape index (κ1) is 22.6. The Morgan fingerprint density at radius 3 is 2.29 bits per heavy atom. The second kappa shape index (κ2) is 10.8. The Bertz CT molecular complexity index is 1140. The maximum atomic E-state index is 11.9. The summed E-state index contributed by atoms with van der Waals surface area (Å²) in [6, 6.07) is 18.9. The van der Waals surface area contributed by atoms with E-state index in [-0.39, 0.29) is 6.61 Å². The largest absolute Gasteiger partial charge is 0.487 e. The number of anilines is 1. The lowest BCUT2D eigenvalue weighted by Crippen LogP contribution is -2.32. The molecule has 3 aromatic rings. The standard InChI is InChI=1S/C22H16Cl3N3O3/c23-16-6-2-1-5-15(16)13-31-20-10-9-14(11-18(20)25)12-26-28-22(30)21(29)27-19-8-4-3-7-17(19)24/h1-12H,13H2,(H,27,29)(H,28,30)/b26-12-. The molecule has 9 heteroatoms. The quantitative estimate of drug-likeness (QED) is 0.287. The van der Waals surface area contributed by atoms with Gasteiger partial charge in [-0.25, -0.2) is 5.43 Å². The van der Waals surface area contributed by atoms with Gasteiger partial charge in [0, 0.05) is 10.6 Å². The van der Waals surface area contributed by atoms with Crippen molar-refractivity contribution in [2.75, 3.05) is 5.32 Å². The van der Waals surface area contributed by atoms with Gasteiger partial charge in [0.15, 0.2) is 0 Å². The molecule has 2 amide bonds. The lowest BCUT2D eigenvalue weighted by Gasteiger charge is -2.09. The fourth-order valence-corrected chi connectivity index (χ4v) is 3.06. The molecule has 0 saturated carbocycles. The van der Waals surface area contributed by atoms with Crippen LogP contribution in [0, 0.1) is 0 Å². The smallest absolute Gasteiger partial charge is 0.329 e. The van der Waals surface area contributed by atoms with E-state index in [1.54, 1.807) is 48.5 Å². The van der Waals surface area contributed by atoms with E-state index < -0.39 is 11.8 Å². The van der Waals surface area contributed by atoms with E-state index in [1.807, 2.05) is 18.2 Å². The van der Waals surface area contributed by atoms with Gasteiger partial charge in [-0.2, -0.15) is 5.10 Å². The van der Waals surface area contributed by atoms with Crippen molar-refractivity contribution in [2.45, 2.75) is 6.61 Å². The molecule has 0 aliphatic rings. The maximum Gasteiger partial charge on any atom is 0.329 e. The molecule has 3 aromatic carbocycles. The fourth-order valence-electron chi connectivity index (χ4n) is 2.44. The van der Waals surface area contributed by atoms with E-state index in [9.17, 15) is 9.59 Å². The monoisotopic (exact) mass is 475 g/mol. The molecule has 0 aliphatic heterocycles. The van der Waals surface area contributed by atoms with Crippen LogP contribution in [0.2, 0.25) is 15.1 Å². The van der Waals surface area contributed by atoms with Crippen molar-refractivity contribution in [3.8, 4) is 5.75 Å². The van der Waals surface area contributed by atoms with Crippen LogP contribution in [0.4, 0.5) is 5.69 Å². The molecule has 0 aliphatic carbocycles. The SMILES string of the molecule is O=C(N/N=C\c1ccc(OCc2ccccc2Cl)c(Cl)c1)C(=O)Nc1ccccc1Cl. The summed E-state index contributed by atoms with van der Waals surface area (Å²) in [6.07, 6.45) is 1.35. The van der Waals surface area contributed by atoms with Gasteiger partial charge in [0.2, 0.25) is 0 Å². The number of halogens is 3. The second-order valence-corrected chi connectivity index (χ2v) is 7.42. The number of rotatable bonds is 6. The van der Waals surface area contributed by atoms with Crippen LogP contribution in [0.25, 0.3) is 0 Å². The lowest BCUT2D eigenvalue weighted by molar-refractivity contribution is -0.136. The summed E-state index contributed by atoms with van der Waals surface area (Å²) >= 11 is 18.3. The van der Waals surface area contributed by atoms with Crippen molar-refractivity contribution in [1.29, 1.82) is 0 Å². The first-order valence-electron chi connectivity index (χ1n) is 8.98. The minimum absolute atomic E-state index is 0.267. The van der Waals surface area contributed by atoms with Crippen LogP contribution in [0.3, 0.4) is 0 Å². The molecule has 0 aromatic heterocycles. The Labute approximate surface area is 193 Å². The second-order valence-electron chi connectivity index (χ2n) is 6.20. The molecule has 3 rings (SSSR count). The molecule has 0 heterocycles. The van der Waals surface area contributed by atoms with Crippen LogP contribution in [0.15, 0.2) is 71.8 Å². The number of nitrogens with zero attached hydrogens (tertiary/aromatic N) is 1. The maximum absolute atomic E-state index is 11.9. The molecule has 0 saturated heterocycles. The highest BCUT2D eigenvalue weighted by Gasteiger charge is 2.14. The lowest BCUT2D eigenvalue weighted by atomic mass is 10.2. The predicted octanol–water partition coefficient (Wildman–Crippen LogP) is 5.31.